The minimum absolute atomic E-state index is 0.242. The molecule has 0 aromatic carbocycles. The van der Waals surface area contributed by atoms with E-state index in [1.54, 1.807) is 0 Å². The molecule has 0 spiro atoms. The molecule has 0 fully saturated rings. The topological polar surface area (TPSA) is 59.4 Å². The summed E-state index contributed by atoms with van der Waals surface area (Å²) in [6, 6.07) is 1.11. The number of hydrogen-bond donors (Lipinski definition) is 1. The summed E-state index contributed by atoms with van der Waals surface area (Å²) in [6.45, 7) is 4.51. The highest BCUT2D eigenvalue weighted by Crippen LogP contribution is 2.17. The fourth-order valence-corrected chi connectivity index (χ4v) is 1.35. The Balaban J connectivity index is 2.59. The van der Waals surface area contributed by atoms with Crippen LogP contribution in [0.3, 0.4) is 0 Å². The first-order valence-corrected chi connectivity index (χ1v) is 5.53. The van der Waals surface area contributed by atoms with Crippen LogP contribution in [0.25, 0.3) is 0 Å². The third-order valence-corrected chi connectivity index (χ3v) is 2.25. The number of aromatic carboxylic acids is 1. The fourth-order valence-electron chi connectivity index (χ4n) is 1.35. The SMILES string of the molecule is CC(C)CCCOc1nccc(C(=O)O)c1F. The zero-order valence-corrected chi connectivity index (χ0v) is 9.94. The number of rotatable bonds is 6. The Kier molecular flexibility index (Phi) is 4.87. The third kappa shape index (κ3) is 4.01. The van der Waals surface area contributed by atoms with Gasteiger partial charge >= 0.3 is 5.97 Å². The van der Waals surface area contributed by atoms with Gasteiger partial charge in [0.25, 0.3) is 5.88 Å². The summed E-state index contributed by atoms with van der Waals surface area (Å²) in [4.78, 5) is 14.3. The van der Waals surface area contributed by atoms with E-state index in [1.165, 1.54) is 6.20 Å². The van der Waals surface area contributed by atoms with Gasteiger partial charge in [-0.25, -0.2) is 14.2 Å². The zero-order valence-electron chi connectivity index (χ0n) is 9.94. The smallest absolute Gasteiger partial charge is 0.338 e. The van der Waals surface area contributed by atoms with Crippen molar-refractivity contribution in [2.24, 2.45) is 5.92 Å². The van der Waals surface area contributed by atoms with E-state index in [0.717, 1.165) is 18.9 Å². The minimum atomic E-state index is -1.32. The summed E-state index contributed by atoms with van der Waals surface area (Å²) in [5, 5.41) is 8.71. The Hall–Kier alpha value is -1.65. The second-order valence-electron chi connectivity index (χ2n) is 4.17. The number of carbonyl (C=O) groups is 1. The van der Waals surface area contributed by atoms with Gasteiger partial charge in [-0.15, -0.1) is 0 Å². The minimum Gasteiger partial charge on any atom is -0.478 e. The molecule has 0 bridgehead atoms. The van der Waals surface area contributed by atoms with E-state index in [9.17, 15) is 9.18 Å². The van der Waals surface area contributed by atoms with Crippen LogP contribution >= 0.6 is 0 Å². The molecule has 0 saturated heterocycles. The number of carboxylic acid groups (broad SMARTS) is 1. The van der Waals surface area contributed by atoms with Gasteiger partial charge in [0, 0.05) is 6.20 Å². The van der Waals surface area contributed by atoms with Crippen LogP contribution in [0, 0.1) is 11.7 Å². The molecule has 1 aromatic heterocycles. The van der Waals surface area contributed by atoms with Gasteiger partial charge in [-0.1, -0.05) is 13.8 Å². The standard InChI is InChI=1S/C12H16FNO3/c1-8(2)4-3-7-17-11-10(13)9(12(15)16)5-6-14-11/h5-6,8H,3-4,7H2,1-2H3,(H,15,16). The molecule has 0 radical (unpaired) electrons. The van der Waals surface area contributed by atoms with Crippen molar-refractivity contribution in [3.05, 3.63) is 23.6 Å². The lowest BCUT2D eigenvalue weighted by Gasteiger charge is -2.08. The molecule has 94 valence electrons. The van der Waals surface area contributed by atoms with Crippen LogP contribution in [0.2, 0.25) is 0 Å². The molecule has 0 amide bonds. The molecule has 0 aliphatic heterocycles. The first kappa shape index (κ1) is 13.4. The first-order chi connectivity index (χ1) is 8.02. The maximum Gasteiger partial charge on any atom is 0.338 e. The average molecular weight is 241 g/mol. The van der Waals surface area contributed by atoms with E-state index in [-0.39, 0.29) is 5.88 Å². The van der Waals surface area contributed by atoms with Crippen molar-refractivity contribution in [1.82, 2.24) is 4.98 Å². The Morgan fingerprint density at radius 2 is 2.29 bits per heavy atom. The highest BCUT2D eigenvalue weighted by atomic mass is 19.1. The van der Waals surface area contributed by atoms with Gasteiger partial charge < -0.3 is 9.84 Å². The molecular weight excluding hydrogens is 225 g/mol. The first-order valence-electron chi connectivity index (χ1n) is 5.53. The Morgan fingerprint density at radius 1 is 1.59 bits per heavy atom. The molecule has 1 N–H and O–H groups in total. The van der Waals surface area contributed by atoms with Crippen LogP contribution in [0.15, 0.2) is 12.3 Å². The van der Waals surface area contributed by atoms with Gasteiger partial charge in [-0.2, -0.15) is 0 Å². The lowest BCUT2D eigenvalue weighted by molar-refractivity contribution is 0.0690. The van der Waals surface area contributed by atoms with E-state index in [0.29, 0.717) is 12.5 Å². The Labute approximate surface area is 99.4 Å². The third-order valence-electron chi connectivity index (χ3n) is 2.25. The van der Waals surface area contributed by atoms with Crippen LogP contribution in [-0.4, -0.2) is 22.7 Å². The summed E-state index contributed by atoms with van der Waals surface area (Å²) in [5.74, 6) is -1.92. The van der Waals surface area contributed by atoms with Crippen molar-refractivity contribution >= 4 is 5.97 Å². The van der Waals surface area contributed by atoms with E-state index in [2.05, 4.69) is 18.8 Å². The van der Waals surface area contributed by atoms with Crippen molar-refractivity contribution in [2.75, 3.05) is 6.61 Å². The quantitative estimate of drug-likeness (QED) is 0.778. The monoisotopic (exact) mass is 241 g/mol. The van der Waals surface area contributed by atoms with Gasteiger partial charge in [0.15, 0.2) is 5.82 Å². The average Bonchev–Trinajstić information content (AvgIpc) is 2.25. The van der Waals surface area contributed by atoms with Gasteiger partial charge in [0.05, 0.1) is 6.61 Å². The van der Waals surface area contributed by atoms with E-state index in [1.807, 2.05) is 0 Å². The summed E-state index contributed by atoms with van der Waals surface area (Å²) in [6.07, 6.45) is 2.99. The second-order valence-corrected chi connectivity index (χ2v) is 4.17. The van der Waals surface area contributed by atoms with Crippen LogP contribution < -0.4 is 4.74 Å². The van der Waals surface area contributed by atoms with Crippen LogP contribution in [0.4, 0.5) is 4.39 Å². The van der Waals surface area contributed by atoms with Crippen molar-refractivity contribution in [2.45, 2.75) is 26.7 Å². The molecule has 1 rings (SSSR count). The van der Waals surface area contributed by atoms with Crippen LogP contribution in [0.5, 0.6) is 5.88 Å². The molecule has 0 unspecified atom stereocenters. The molecule has 5 heteroatoms. The molecule has 1 heterocycles. The van der Waals surface area contributed by atoms with Crippen molar-refractivity contribution < 1.29 is 19.0 Å². The predicted molar refractivity (Wildman–Crippen MR) is 60.7 cm³/mol. The van der Waals surface area contributed by atoms with Gasteiger partial charge in [0.2, 0.25) is 0 Å². The van der Waals surface area contributed by atoms with Crippen molar-refractivity contribution in [1.29, 1.82) is 0 Å². The summed E-state index contributed by atoms with van der Waals surface area (Å²) < 4.78 is 18.7. The predicted octanol–water partition coefficient (Wildman–Crippen LogP) is 2.73. The number of halogens is 1. The number of hydrogen-bond acceptors (Lipinski definition) is 3. The molecule has 0 atom stereocenters. The molecule has 4 nitrogen and oxygen atoms in total. The highest BCUT2D eigenvalue weighted by molar-refractivity contribution is 5.88. The summed E-state index contributed by atoms with van der Waals surface area (Å²) >= 11 is 0. The molecular formula is C12H16FNO3. The maximum atomic E-state index is 13.5. The summed E-state index contributed by atoms with van der Waals surface area (Å²) in [5.41, 5.74) is -0.418. The maximum absolute atomic E-state index is 13.5. The van der Waals surface area contributed by atoms with Crippen molar-refractivity contribution in [3.63, 3.8) is 0 Å². The molecule has 0 aliphatic rings. The number of pyridine rings is 1. The lowest BCUT2D eigenvalue weighted by atomic mass is 10.1. The highest BCUT2D eigenvalue weighted by Gasteiger charge is 2.15. The molecule has 0 saturated carbocycles. The lowest BCUT2D eigenvalue weighted by Crippen LogP contribution is -2.07. The second kappa shape index (κ2) is 6.18. The van der Waals surface area contributed by atoms with E-state index < -0.39 is 17.3 Å². The largest absolute Gasteiger partial charge is 0.478 e. The van der Waals surface area contributed by atoms with Crippen molar-refractivity contribution in [3.8, 4) is 5.88 Å². The number of aromatic nitrogens is 1. The number of carboxylic acids is 1. The van der Waals surface area contributed by atoms with Gasteiger partial charge in [-0.05, 0) is 24.8 Å². The van der Waals surface area contributed by atoms with Gasteiger partial charge in [0.1, 0.15) is 5.56 Å². The fraction of sp³-hybridized carbons (Fsp3) is 0.500. The summed E-state index contributed by atoms with van der Waals surface area (Å²) in [7, 11) is 0. The zero-order chi connectivity index (χ0) is 12.8. The molecule has 17 heavy (non-hydrogen) atoms. The Bertz CT molecular complexity index is 393. The van der Waals surface area contributed by atoms with Gasteiger partial charge in [-0.3, -0.25) is 0 Å². The number of nitrogens with zero attached hydrogens (tertiary/aromatic N) is 1. The molecule has 1 aromatic rings. The van der Waals surface area contributed by atoms with E-state index in [4.69, 9.17) is 9.84 Å². The normalized spacial score (nSPS) is 10.6. The number of ether oxygens (including phenoxy) is 1. The van der Waals surface area contributed by atoms with E-state index >= 15 is 0 Å². The van der Waals surface area contributed by atoms with Crippen LogP contribution in [0.1, 0.15) is 37.0 Å². The van der Waals surface area contributed by atoms with Crippen LogP contribution in [-0.2, 0) is 0 Å². The molecule has 0 aliphatic carbocycles. The Morgan fingerprint density at radius 3 is 2.88 bits per heavy atom.